The van der Waals surface area contributed by atoms with Crippen LogP contribution in [0, 0.1) is 13.8 Å². The van der Waals surface area contributed by atoms with Crippen molar-refractivity contribution in [1.29, 1.82) is 0 Å². The van der Waals surface area contributed by atoms with Crippen LogP contribution in [0.15, 0.2) is 23.5 Å². The van der Waals surface area contributed by atoms with Gasteiger partial charge in [0.1, 0.15) is 0 Å². The number of aliphatic imine (C=N–C) groups is 1. The lowest BCUT2D eigenvalue weighted by Gasteiger charge is -2.24. The summed E-state index contributed by atoms with van der Waals surface area (Å²) in [5, 5.41) is 15.6. The van der Waals surface area contributed by atoms with Crippen LogP contribution in [0.4, 0.5) is 0 Å². The van der Waals surface area contributed by atoms with Crippen LogP contribution in [0.1, 0.15) is 29.4 Å². The maximum absolute atomic E-state index is 4.49. The lowest BCUT2D eigenvalue weighted by molar-refractivity contribution is 0.298. The highest BCUT2D eigenvalue weighted by Gasteiger charge is 2.16. The molecule has 0 bridgehead atoms. The molecule has 0 aliphatic rings. The Labute approximate surface area is 156 Å². The average molecular weight is 361 g/mol. The lowest BCUT2D eigenvalue weighted by Crippen LogP contribution is -2.42. The number of hydrogen-bond donors (Lipinski definition) is 2. The monoisotopic (exact) mass is 360 g/mol. The van der Waals surface area contributed by atoms with E-state index < -0.39 is 0 Å². The Morgan fingerprint density at radius 2 is 2.08 bits per heavy atom. The molecule has 0 amide bonds. The molecule has 8 heteroatoms. The van der Waals surface area contributed by atoms with Gasteiger partial charge in [0, 0.05) is 51.2 Å². The molecule has 2 aromatic heterocycles. The van der Waals surface area contributed by atoms with Crippen LogP contribution in [0.5, 0.6) is 0 Å². The van der Waals surface area contributed by atoms with Crippen molar-refractivity contribution < 1.29 is 0 Å². The Kier molecular flexibility index (Phi) is 7.20. The first-order valence-corrected chi connectivity index (χ1v) is 9.01. The van der Waals surface area contributed by atoms with Gasteiger partial charge in [-0.25, -0.2) is 0 Å². The summed E-state index contributed by atoms with van der Waals surface area (Å²) < 4.78 is 3.88. The van der Waals surface area contributed by atoms with Gasteiger partial charge in [-0.2, -0.15) is 10.2 Å². The predicted molar refractivity (Wildman–Crippen MR) is 105 cm³/mol. The van der Waals surface area contributed by atoms with Crippen LogP contribution in [0.25, 0.3) is 0 Å². The summed E-state index contributed by atoms with van der Waals surface area (Å²) in [6, 6.07) is 2.34. The third kappa shape index (κ3) is 5.59. The van der Waals surface area contributed by atoms with E-state index in [9.17, 15) is 0 Å². The molecule has 8 nitrogen and oxygen atoms in total. The van der Waals surface area contributed by atoms with Gasteiger partial charge >= 0.3 is 0 Å². The van der Waals surface area contributed by atoms with Crippen molar-refractivity contribution in [2.24, 2.45) is 12.0 Å². The summed E-state index contributed by atoms with van der Waals surface area (Å²) >= 11 is 0. The van der Waals surface area contributed by atoms with Crippen LogP contribution < -0.4 is 10.6 Å². The van der Waals surface area contributed by atoms with Crippen molar-refractivity contribution in [3.8, 4) is 0 Å². The molecule has 1 unspecified atom stereocenters. The number of nitrogens with zero attached hydrogens (tertiary/aromatic N) is 6. The second-order valence-corrected chi connectivity index (χ2v) is 6.81. The van der Waals surface area contributed by atoms with Crippen molar-refractivity contribution >= 4 is 5.96 Å². The molecule has 26 heavy (non-hydrogen) atoms. The fourth-order valence-corrected chi connectivity index (χ4v) is 2.96. The van der Waals surface area contributed by atoms with E-state index in [2.05, 4.69) is 68.7 Å². The maximum Gasteiger partial charge on any atom is 0.191 e. The van der Waals surface area contributed by atoms with Crippen molar-refractivity contribution in [1.82, 2.24) is 35.1 Å². The molecule has 0 saturated heterocycles. The molecular formula is C18H32N8. The second kappa shape index (κ2) is 9.38. The lowest BCUT2D eigenvalue weighted by atomic mass is 10.1. The number of nitrogens with one attached hydrogen (secondary N) is 2. The third-order valence-corrected chi connectivity index (χ3v) is 4.36. The first kappa shape index (κ1) is 20.0. The minimum Gasteiger partial charge on any atom is -0.356 e. The molecule has 2 N–H and O–H groups in total. The van der Waals surface area contributed by atoms with E-state index in [-0.39, 0.29) is 6.04 Å². The zero-order valence-corrected chi connectivity index (χ0v) is 16.8. The molecule has 0 aliphatic heterocycles. The SMILES string of the molecule is CN=C(NCCCn1nc(C)cc1C)NCC(c1cnn(C)c1)N(C)C. The molecule has 2 rings (SSSR count). The normalized spacial score (nSPS) is 13.3. The highest BCUT2D eigenvalue weighted by molar-refractivity contribution is 5.79. The van der Waals surface area contributed by atoms with Crippen LogP contribution in [0.3, 0.4) is 0 Å². The first-order valence-electron chi connectivity index (χ1n) is 9.01. The molecule has 0 aromatic carbocycles. The van der Waals surface area contributed by atoms with Crippen molar-refractivity contribution in [3.63, 3.8) is 0 Å². The molecule has 1 atom stereocenters. The van der Waals surface area contributed by atoms with E-state index in [0.29, 0.717) is 0 Å². The summed E-state index contributed by atoms with van der Waals surface area (Å²) in [4.78, 5) is 6.50. The van der Waals surface area contributed by atoms with Gasteiger partial charge in [-0.3, -0.25) is 14.4 Å². The van der Waals surface area contributed by atoms with Gasteiger partial charge in [0.25, 0.3) is 0 Å². The summed E-state index contributed by atoms with van der Waals surface area (Å²) in [6.45, 7) is 6.62. The molecular weight excluding hydrogens is 328 g/mol. The first-order chi connectivity index (χ1) is 12.4. The number of aryl methyl sites for hydroxylation is 4. The van der Waals surface area contributed by atoms with Crippen molar-refractivity contribution in [3.05, 3.63) is 35.4 Å². The van der Waals surface area contributed by atoms with Crippen LogP contribution in [0.2, 0.25) is 0 Å². The second-order valence-electron chi connectivity index (χ2n) is 6.81. The molecule has 0 spiro atoms. The smallest absolute Gasteiger partial charge is 0.191 e. The summed E-state index contributed by atoms with van der Waals surface area (Å²) in [7, 11) is 7.88. The molecule has 144 valence electrons. The predicted octanol–water partition coefficient (Wildman–Crippen LogP) is 1.09. The molecule has 2 heterocycles. The highest BCUT2D eigenvalue weighted by atomic mass is 15.3. The Morgan fingerprint density at radius 1 is 1.31 bits per heavy atom. The molecule has 2 aromatic rings. The number of rotatable bonds is 8. The summed E-state index contributed by atoms with van der Waals surface area (Å²) in [5.74, 6) is 0.814. The van der Waals surface area contributed by atoms with Gasteiger partial charge in [0.2, 0.25) is 0 Å². The largest absolute Gasteiger partial charge is 0.356 e. The van der Waals surface area contributed by atoms with Crippen LogP contribution >= 0.6 is 0 Å². The Balaban J connectivity index is 1.78. The number of likely N-dealkylation sites (N-methyl/N-ethyl adjacent to an activating group) is 1. The number of hydrogen-bond acceptors (Lipinski definition) is 4. The van der Waals surface area contributed by atoms with E-state index in [1.807, 2.05) is 24.9 Å². The number of guanidine groups is 1. The average Bonchev–Trinajstić information content (AvgIpc) is 3.14. The van der Waals surface area contributed by atoms with Gasteiger partial charge < -0.3 is 15.5 Å². The van der Waals surface area contributed by atoms with Crippen molar-refractivity contribution in [2.45, 2.75) is 32.9 Å². The van der Waals surface area contributed by atoms with E-state index in [1.165, 1.54) is 11.3 Å². The Hall–Kier alpha value is -2.35. The van der Waals surface area contributed by atoms with E-state index in [1.54, 1.807) is 7.05 Å². The highest BCUT2D eigenvalue weighted by Crippen LogP contribution is 2.15. The number of aromatic nitrogens is 4. The van der Waals surface area contributed by atoms with Gasteiger partial charge in [-0.15, -0.1) is 0 Å². The molecule has 0 saturated carbocycles. The topological polar surface area (TPSA) is 75.3 Å². The zero-order chi connectivity index (χ0) is 19.1. The van der Waals surface area contributed by atoms with E-state index in [4.69, 9.17) is 0 Å². The maximum atomic E-state index is 4.49. The van der Waals surface area contributed by atoms with Crippen LogP contribution in [-0.4, -0.2) is 64.7 Å². The minimum atomic E-state index is 0.233. The van der Waals surface area contributed by atoms with Gasteiger partial charge in [0.05, 0.1) is 17.9 Å². The molecule has 0 radical (unpaired) electrons. The fourth-order valence-electron chi connectivity index (χ4n) is 2.96. The quantitative estimate of drug-likeness (QED) is 0.419. The zero-order valence-electron chi connectivity index (χ0n) is 16.8. The van der Waals surface area contributed by atoms with Crippen LogP contribution in [-0.2, 0) is 13.6 Å². The standard InChI is InChI=1S/C18H32N8/c1-14-10-15(2)26(23-14)9-7-8-20-18(19-3)21-12-17(24(4)5)16-11-22-25(6)13-16/h10-11,13,17H,7-9,12H2,1-6H3,(H2,19,20,21). The summed E-state index contributed by atoms with van der Waals surface area (Å²) in [6.07, 6.45) is 4.95. The molecule has 0 fully saturated rings. The van der Waals surface area contributed by atoms with E-state index >= 15 is 0 Å². The van der Waals surface area contributed by atoms with Gasteiger partial charge in [0.15, 0.2) is 5.96 Å². The Bertz CT molecular complexity index is 713. The minimum absolute atomic E-state index is 0.233. The van der Waals surface area contributed by atoms with Gasteiger partial charge in [-0.1, -0.05) is 0 Å². The summed E-state index contributed by atoms with van der Waals surface area (Å²) in [5.41, 5.74) is 3.46. The molecule has 0 aliphatic carbocycles. The Morgan fingerprint density at radius 3 is 2.62 bits per heavy atom. The van der Waals surface area contributed by atoms with E-state index in [0.717, 1.165) is 37.7 Å². The van der Waals surface area contributed by atoms with Crippen molar-refractivity contribution in [2.75, 3.05) is 34.2 Å². The van der Waals surface area contributed by atoms with Gasteiger partial charge in [-0.05, 0) is 40.4 Å². The fraction of sp³-hybridized carbons (Fsp3) is 0.611. The third-order valence-electron chi connectivity index (χ3n) is 4.36.